The van der Waals surface area contributed by atoms with Crippen LogP contribution in [0.15, 0.2) is 18.2 Å². The molecule has 0 unspecified atom stereocenters. The molecule has 162 valence electrons. The average Bonchev–Trinajstić information content (AvgIpc) is 3.10. The van der Waals surface area contributed by atoms with Crippen molar-refractivity contribution in [3.05, 3.63) is 55.2 Å². The van der Waals surface area contributed by atoms with Gasteiger partial charge in [-0.15, -0.1) is 11.3 Å². The second-order valence-electron chi connectivity index (χ2n) is 7.16. The molecule has 0 saturated heterocycles. The van der Waals surface area contributed by atoms with Crippen molar-refractivity contribution in [2.75, 3.05) is 11.9 Å². The number of nitrogens with zero attached hydrogens (tertiary/aromatic N) is 3. The SMILES string of the molecule is O=C(O)COCc1nc(NCc2ccc([N+](=O)[O-])c(Cl)c2)c2c3c(sc2n1)CCCC3. The molecular weight excluding hydrogens is 444 g/mol. The van der Waals surface area contributed by atoms with Crippen LogP contribution in [0.5, 0.6) is 0 Å². The quantitative estimate of drug-likeness (QED) is 0.373. The molecule has 0 radical (unpaired) electrons. The maximum absolute atomic E-state index is 11.0. The standard InChI is InChI=1S/C20H19ClN4O5S/c21-13-7-11(5-6-14(13)25(28)29)8-22-19-18-12-3-1-2-4-15(12)31-20(18)24-16(23-19)9-30-10-17(26)27/h5-7H,1-4,8-10H2,(H,26,27)(H,22,23,24). The van der Waals surface area contributed by atoms with Crippen LogP contribution in [0, 0.1) is 10.1 Å². The maximum atomic E-state index is 11.0. The summed E-state index contributed by atoms with van der Waals surface area (Å²) >= 11 is 7.67. The first-order chi connectivity index (χ1) is 14.9. The molecule has 0 spiro atoms. The Hall–Kier alpha value is -2.82. The lowest BCUT2D eigenvalue weighted by Gasteiger charge is -2.13. The van der Waals surface area contributed by atoms with E-state index in [4.69, 9.17) is 21.4 Å². The van der Waals surface area contributed by atoms with Crippen molar-refractivity contribution in [3.8, 4) is 0 Å². The predicted molar refractivity (Wildman–Crippen MR) is 117 cm³/mol. The highest BCUT2D eigenvalue weighted by Gasteiger charge is 2.21. The summed E-state index contributed by atoms with van der Waals surface area (Å²) in [5.41, 5.74) is 1.89. The fourth-order valence-corrected chi connectivity index (χ4v) is 5.17. The van der Waals surface area contributed by atoms with Crippen LogP contribution in [-0.4, -0.2) is 32.6 Å². The van der Waals surface area contributed by atoms with Gasteiger partial charge in [0.1, 0.15) is 28.9 Å². The summed E-state index contributed by atoms with van der Waals surface area (Å²) in [4.78, 5) is 32.5. The minimum atomic E-state index is -1.05. The molecule has 0 fully saturated rings. The number of aryl methyl sites for hydroxylation is 2. The Morgan fingerprint density at radius 2 is 2.13 bits per heavy atom. The molecule has 2 aromatic heterocycles. The second kappa shape index (κ2) is 9.13. The van der Waals surface area contributed by atoms with E-state index in [1.54, 1.807) is 23.5 Å². The van der Waals surface area contributed by atoms with Gasteiger partial charge in [-0.3, -0.25) is 10.1 Å². The topological polar surface area (TPSA) is 127 Å². The van der Waals surface area contributed by atoms with Crippen molar-refractivity contribution in [2.45, 2.75) is 38.8 Å². The van der Waals surface area contributed by atoms with Gasteiger partial charge >= 0.3 is 5.97 Å². The largest absolute Gasteiger partial charge is 0.480 e. The number of nitro groups is 1. The van der Waals surface area contributed by atoms with Crippen LogP contribution in [-0.2, 0) is 35.5 Å². The number of carbonyl (C=O) groups is 1. The van der Waals surface area contributed by atoms with Crippen molar-refractivity contribution < 1.29 is 19.6 Å². The number of carboxylic acids is 1. The molecule has 2 heterocycles. The van der Waals surface area contributed by atoms with E-state index in [0.717, 1.165) is 41.5 Å². The number of nitro benzene ring substituents is 1. The number of anilines is 1. The highest BCUT2D eigenvalue weighted by molar-refractivity contribution is 7.19. The van der Waals surface area contributed by atoms with Crippen LogP contribution < -0.4 is 5.32 Å². The molecule has 2 N–H and O–H groups in total. The summed E-state index contributed by atoms with van der Waals surface area (Å²) in [7, 11) is 0. The summed E-state index contributed by atoms with van der Waals surface area (Å²) in [5.74, 6) is -0.00885. The first-order valence-electron chi connectivity index (χ1n) is 9.69. The summed E-state index contributed by atoms with van der Waals surface area (Å²) < 4.78 is 5.17. The number of halogens is 1. The summed E-state index contributed by atoms with van der Waals surface area (Å²) in [6.45, 7) is -0.0703. The van der Waals surface area contributed by atoms with E-state index in [2.05, 4.69) is 15.3 Å². The molecule has 11 heteroatoms. The molecule has 4 rings (SSSR count). The molecule has 3 aromatic rings. The number of aliphatic carboxylic acids is 1. The molecule has 1 aliphatic rings. The van der Waals surface area contributed by atoms with Crippen molar-refractivity contribution in [2.24, 2.45) is 0 Å². The number of carboxylic acid groups (broad SMARTS) is 1. The molecule has 0 amide bonds. The number of thiophene rings is 1. The Labute approximate surface area is 186 Å². The minimum Gasteiger partial charge on any atom is -0.480 e. The fraction of sp³-hybridized carbons (Fsp3) is 0.350. The molecule has 0 atom stereocenters. The van der Waals surface area contributed by atoms with Gasteiger partial charge in [-0.05, 0) is 42.9 Å². The van der Waals surface area contributed by atoms with Crippen LogP contribution in [0.3, 0.4) is 0 Å². The molecule has 31 heavy (non-hydrogen) atoms. The van der Waals surface area contributed by atoms with Gasteiger partial charge in [-0.1, -0.05) is 17.7 Å². The van der Waals surface area contributed by atoms with Crippen LogP contribution in [0.25, 0.3) is 10.2 Å². The smallest absolute Gasteiger partial charge is 0.329 e. The normalized spacial score (nSPS) is 13.2. The van der Waals surface area contributed by atoms with Gasteiger partial charge < -0.3 is 15.2 Å². The van der Waals surface area contributed by atoms with Gasteiger partial charge in [-0.25, -0.2) is 14.8 Å². The fourth-order valence-electron chi connectivity index (χ4n) is 3.62. The first kappa shape index (κ1) is 21.4. The molecule has 1 aromatic carbocycles. The van der Waals surface area contributed by atoms with Crippen LogP contribution >= 0.6 is 22.9 Å². The van der Waals surface area contributed by atoms with Crippen molar-refractivity contribution in [3.63, 3.8) is 0 Å². The van der Waals surface area contributed by atoms with Crippen molar-refractivity contribution >= 4 is 50.6 Å². The Morgan fingerprint density at radius 1 is 1.32 bits per heavy atom. The number of rotatable bonds is 8. The number of hydrogen-bond acceptors (Lipinski definition) is 8. The van der Waals surface area contributed by atoms with Crippen LogP contribution in [0.4, 0.5) is 11.5 Å². The number of aromatic nitrogens is 2. The first-order valence-corrected chi connectivity index (χ1v) is 10.9. The highest BCUT2D eigenvalue weighted by Crippen LogP contribution is 2.39. The summed E-state index contributed by atoms with van der Waals surface area (Å²) in [6, 6.07) is 4.59. The van der Waals surface area contributed by atoms with Gasteiger partial charge in [0.25, 0.3) is 5.69 Å². The lowest BCUT2D eigenvalue weighted by molar-refractivity contribution is -0.384. The third kappa shape index (κ3) is 4.76. The Balaban J connectivity index is 1.64. The van der Waals surface area contributed by atoms with Crippen molar-refractivity contribution in [1.29, 1.82) is 0 Å². The average molecular weight is 463 g/mol. The second-order valence-corrected chi connectivity index (χ2v) is 8.65. The molecule has 0 saturated carbocycles. The molecular formula is C20H19ClN4O5S. The maximum Gasteiger partial charge on any atom is 0.329 e. The van der Waals surface area contributed by atoms with E-state index >= 15 is 0 Å². The van der Waals surface area contributed by atoms with Crippen molar-refractivity contribution in [1.82, 2.24) is 9.97 Å². The highest BCUT2D eigenvalue weighted by atomic mass is 35.5. The van der Waals surface area contributed by atoms with E-state index < -0.39 is 17.5 Å². The predicted octanol–water partition coefficient (Wildman–Crippen LogP) is 4.35. The summed E-state index contributed by atoms with van der Waals surface area (Å²) in [6.07, 6.45) is 4.23. The van der Waals surface area contributed by atoms with Gasteiger partial charge in [-0.2, -0.15) is 0 Å². The Morgan fingerprint density at radius 3 is 2.87 bits per heavy atom. The lowest BCUT2D eigenvalue weighted by Crippen LogP contribution is -2.10. The van der Waals surface area contributed by atoms with Gasteiger partial charge in [0.2, 0.25) is 0 Å². The van der Waals surface area contributed by atoms with E-state index in [9.17, 15) is 14.9 Å². The van der Waals surface area contributed by atoms with E-state index in [-0.39, 0.29) is 17.3 Å². The number of ether oxygens (including phenoxy) is 1. The zero-order chi connectivity index (χ0) is 22.0. The Bertz CT molecular complexity index is 1170. The molecule has 1 aliphatic carbocycles. The molecule has 0 aliphatic heterocycles. The number of hydrogen-bond donors (Lipinski definition) is 2. The lowest BCUT2D eigenvalue weighted by atomic mass is 9.97. The third-order valence-corrected chi connectivity index (χ3v) is 6.47. The van der Waals surface area contributed by atoms with E-state index in [1.807, 2.05) is 0 Å². The van der Waals surface area contributed by atoms with Gasteiger partial charge in [0, 0.05) is 17.5 Å². The zero-order valence-corrected chi connectivity index (χ0v) is 18.0. The number of benzene rings is 1. The van der Waals surface area contributed by atoms with E-state index in [0.29, 0.717) is 18.2 Å². The Kier molecular flexibility index (Phi) is 6.30. The van der Waals surface area contributed by atoms with Gasteiger partial charge in [0.15, 0.2) is 5.82 Å². The van der Waals surface area contributed by atoms with Gasteiger partial charge in [0.05, 0.1) is 10.3 Å². The monoisotopic (exact) mass is 462 g/mol. The molecule has 9 nitrogen and oxygen atoms in total. The van der Waals surface area contributed by atoms with Crippen LogP contribution in [0.2, 0.25) is 5.02 Å². The van der Waals surface area contributed by atoms with E-state index in [1.165, 1.54) is 16.5 Å². The zero-order valence-electron chi connectivity index (χ0n) is 16.4. The third-order valence-electron chi connectivity index (χ3n) is 4.99. The number of fused-ring (bicyclic) bond motifs is 3. The number of nitrogens with one attached hydrogen (secondary N) is 1. The molecule has 0 bridgehead atoms. The minimum absolute atomic E-state index is 0.0111. The summed E-state index contributed by atoms with van der Waals surface area (Å²) in [5, 5.41) is 24.1. The van der Waals surface area contributed by atoms with Crippen LogP contribution in [0.1, 0.15) is 34.7 Å².